The lowest BCUT2D eigenvalue weighted by molar-refractivity contribution is 0.309. The van der Waals surface area contributed by atoms with Crippen LogP contribution < -0.4 is 9.80 Å². The lowest BCUT2D eigenvalue weighted by Crippen LogP contribution is -2.46. The number of nitrogens with zero attached hydrogens (tertiary/aromatic N) is 6. The molecule has 3 heterocycles. The molecular weight excluding hydrogens is 367 g/mol. The number of piperazine rings is 2. The summed E-state index contributed by atoms with van der Waals surface area (Å²) < 4.78 is 0. The molecular formula is C15H26Cl2N6S. The van der Waals surface area contributed by atoms with Crippen molar-refractivity contribution >= 4 is 47.5 Å². The van der Waals surface area contributed by atoms with Gasteiger partial charge in [0, 0.05) is 52.4 Å². The Labute approximate surface area is 159 Å². The molecule has 0 amide bonds. The smallest absolute Gasteiger partial charge is 0.228 e. The van der Waals surface area contributed by atoms with Crippen molar-refractivity contribution in [3.05, 3.63) is 5.15 Å². The monoisotopic (exact) mass is 392 g/mol. The highest BCUT2D eigenvalue weighted by atomic mass is 35.5. The fraction of sp³-hybridized carbons (Fsp3) is 0.733. The first-order chi connectivity index (χ1) is 11.1. The van der Waals surface area contributed by atoms with Crippen LogP contribution in [-0.4, -0.2) is 92.5 Å². The number of likely N-dealkylation sites (N-methyl/N-ethyl adjacent to an activating group) is 2. The normalized spacial score (nSPS) is 20.2. The summed E-state index contributed by atoms with van der Waals surface area (Å²) in [4.78, 5) is 19.7. The van der Waals surface area contributed by atoms with E-state index in [9.17, 15) is 0 Å². The van der Waals surface area contributed by atoms with Crippen LogP contribution in [0.2, 0.25) is 5.15 Å². The quantitative estimate of drug-likeness (QED) is 0.573. The van der Waals surface area contributed by atoms with Crippen molar-refractivity contribution in [2.45, 2.75) is 4.90 Å². The van der Waals surface area contributed by atoms with Gasteiger partial charge in [-0.3, -0.25) is 0 Å². The third kappa shape index (κ3) is 4.38. The molecule has 1 aromatic rings. The minimum absolute atomic E-state index is 0. The molecule has 0 atom stereocenters. The van der Waals surface area contributed by atoms with Gasteiger partial charge < -0.3 is 19.6 Å². The van der Waals surface area contributed by atoms with E-state index in [0.717, 1.165) is 69.0 Å². The molecule has 2 saturated heterocycles. The van der Waals surface area contributed by atoms with Gasteiger partial charge in [-0.05, 0) is 20.4 Å². The van der Waals surface area contributed by atoms with E-state index >= 15 is 0 Å². The van der Waals surface area contributed by atoms with Gasteiger partial charge in [0.1, 0.15) is 11.0 Å². The van der Waals surface area contributed by atoms with E-state index in [2.05, 4.69) is 38.7 Å². The van der Waals surface area contributed by atoms with E-state index in [1.54, 1.807) is 11.8 Å². The summed E-state index contributed by atoms with van der Waals surface area (Å²) in [5.74, 6) is 1.77. The van der Waals surface area contributed by atoms with Crippen molar-refractivity contribution < 1.29 is 0 Å². The molecule has 6 nitrogen and oxygen atoms in total. The van der Waals surface area contributed by atoms with Gasteiger partial charge in [0.25, 0.3) is 0 Å². The number of rotatable bonds is 3. The minimum Gasteiger partial charge on any atom is -0.353 e. The van der Waals surface area contributed by atoms with E-state index in [0.29, 0.717) is 5.15 Å². The molecule has 2 aliphatic rings. The summed E-state index contributed by atoms with van der Waals surface area (Å²) in [5, 5.41) is 0.579. The van der Waals surface area contributed by atoms with Crippen LogP contribution in [0.3, 0.4) is 0 Å². The fourth-order valence-corrected chi connectivity index (χ4v) is 3.92. The molecule has 0 unspecified atom stereocenters. The van der Waals surface area contributed by atoms with Crippen molar-refractivity contribution in [2.24, 2.45) is 0 Å². The van der Waals surface area contributed by atoms with Crippen LogP contribution in [0.5, 0.6) is 0 Å². The molecule has 136 valence electrons. The molecule has 2 aliphatic heterocycles. The van der Waals surface area contributed by atoms with Crippen molar-refractivity contribution in [2.75, 3.05) is 82.5 Å². The van der Waals surface area contributed by atoms with E-state index in [-0.39, 0.29) is 12.4 Å². The summed E-state index contributed by atoms with van der Waals surface area (Å²) in [6, 6.07) is 0. The van der Waals surface area contributed by atoms with Crippen LogP contribution in [0.1, 0.15) is 0 Å². The van der Waals surface area contributed by atoms with Gasteiger partial charge in [-0.25, -0.2) is 0 Å². The predicted octanol–water partition coefficient (Wildman–Crippen LogP) is 1.78. The first-order valence-corrected chi connectivity index (χ1v) is 9.67. The number of aromatic nitrogens is 2. The number of thioether (sulfide) groups is 1. The van der Waals surface area contributed by atoms with E-state index in [4.69, 9.17) is 16.6 Å². The average Bonchev–Trinajstić information content (AvgIpc) is 2.55. The Balaban J connectivity index is 0.00000208. The van der Waals surface area contributed by atoms with Crippen molar-refractivity contribution in [3.63, 3.8) is 0 Å². The molecule has 0 bridgehead atoms. The molecule has 24 heavy (non-hydrogen) atoms. The second-order valence-electron chi connectivity index (χ2n) is 6.25. The van der Waals surface area contributed by atoms with Gasteiger partial charge in [0.15, 0.2) is 0 Å². The van der Waals surface area contributed by atoms with E-state index < -0.39 is 0 Å². The molecule has 9 heteroatoms. The van der Waals surface area contributed by atoms with E-state index in [1.807, 2.05) is 6.26 Å². The minimum atomic E-state index is 0. The van der Waals surface area contributed by atoms with Crippen LogP contribution in [0, 0.1) is 0 Å². The standard InChI is InChI=1S/C15H25ClN6S.ClH/c1-19-4-8-21(9-5-19)14-12(23-3)13(16)17-15(18-14)22-10-6-20(2)7-11-22;/h4-11H2,1-3H3;1H. The maximum Gasteiger partial charge on any atom is 0.228 e. The molecule has 0 spiro atoms. The van der Waals surface area contributed by atoms with Crippen molar-refractivity contribution in [1.82, 2.24) is 19.8 Å². The number of anilines is 2. The highest BCUT2D eigenvalue weighted by Crippen LogP contribution is 2.34. The average molecular weight is 393 g/mol. The number of hydrogen-bond donors (Lipinski definition) is 0. The molecule has 0 radical (unpaired) electrons. The molecule has 0 aromatic carbocycles. The summed E-state index contributed by atoms with van der Waals surface area (Å²) in [6.07, 6.45) is 2.04. The van der Waals surface area contributed by atoms with Gasteiger partial charge in [0.2, 0.25) is 5.95 Å². The van der Waals surface area contributed by atoms with E-state index in [1.165, 1.54) is 0 Å². The SMILES string of the molecule is CSc1c(Cl)nc(N2CCN(C)CC2)nc1N1CCN(C)CC1.Cl. The zero-order valence-electron chi connectivity index (χ0n) is 14.5. The van der Waals surface area contributed by atoms with Crippen LogP contribution >= 0.6 is 35.8 Å². The van der Waals surface area contributed by atoms with Gasteiger partial charge in [-0.15, -0.1) is 24.2 Å². The van der Waals surface area contributed by atoms with Gasteiger partial charge in [0.05, 0.1) is 4.90 Å². The molecule has 0 N–H and O–H groups in total. The van der Waals surface area contributed by atoms with Crippen LogP contribution in [0.25, 0.3) is 0 Å². The lowest BCUT2D eigenvalue weighted by Gasteiger charge is -2.36. The second kappa shape index (κ2) is 8.76. The molecule has 0 aliphatic carbocycles. The second-order valence-corrected chi connectivity index (χ2v) is 7.43. The topological polar surface area (TPSA) is 38.7 Å². The van der Waals surface area contributed by atoms with Crippen molar-refractivity contribution in [3.8, 4) is 0 Å². The van der Waals surface area contributed by atoms with Crippen LogP contribution in [0.15, 0.2) is 4.90 Å². The highest BCUT2D eigenvalue weighted by Gasteiger charge is 2.24. The Kier molecular flexibility index (Phi) is 7.24. The molecule has 0 saturated carbocycles. The van der Waals surface area contributed by atoms with Gasteiger partial charge >= 0.3 is 0 Å². The number of halogens is 2. The first-order valence-electron chi connectivity index (χ1n) is 8.07. The van der Waals surface area contributed by atoms with Crippen molar-refractivity contribution in [1.29, 1.82) is 0 Å². The summed E-state index contributed by atoms with van der Waals surface area (Å²) in [5.41, 5.74) is 0. The Morgan fingerprint density at radius 2 is 1.33 bits per heavy atom. The Morgan fingerprint density at radius 3 is 1.83 bits per heavy atom. The molecule has 1 aromatic heterocycles. The first kappa shape index (κ1) is 19.8. The summed E-state index contributed by atoms with van der Waals surface area (Å²) in [7, 11) is 4.31. The lowest BCUT2D eigenvalue weighted by atomic mass is 10.3. The fourth-order valence-electron chi connectivity index (χ4n) is 2.96. The van der Waals surface area contributed by atoms with Crippen LogP contribution in [0.4, 0.5) is 11.8 Å². The Hall–Kier alpha value is -0.470. The zero-order valence-corrected chi connectivity index (χ0v) is 16.9. The Bertz CT molecular complexity index is 545. The maximum absolute atomic E-state index is 6.48. The highest BCUT2D eigenvalue weighted by molar-refractivity contribution is 7.98. The molecule has 2 fully saturated rings. The number of hydrogen-bond acceptors (Lipinski definition) is 7. The largest absolute Gasteiger partial charge is 0.353 e. The van der Waals surface area contributed by atoms with Gasteiger partial charge in [-0.2, -0.15) is 9.97 Å². The maximum atomic E-state index is 6.48. The van der Waals surface area contributed by atoms with Crippen LogP contribution in [-0.2, 0) is 0 Å². The predicted molar refractivity (Wildman–Crippen MR) is 105 cm³/mol. The van der Waals surface area contributed by atoms with Gasteiger partial charge in [-0.1, -0.05) is 11.6 Å². The third-order valence-corrected chi connectivity index (χ3v) is 5.76. The summed E-state index contributed by atoms with van der Waals surface area (Å²) in [6.45, 7) is 8.06. The zero-order chi connectivity index (χ0) is 16.4. The third-order valence-electron chi connectivity index (χ3n) is 4.59. The molecule has 3 rings (SSSR count). The Morgan fingerprint density at radius 1 is 0.833 bits per heavy atom. The summed E-state index contributed by atoms with van der Waals surface area (Å²) >= 11 is 8.12.